The van der Waals surface area contributed by atoms with Crippen LogP contribution in [0.5, 0.6) is 0 Å². The quantitative estimate of drug-likeness (QED) is 0.653. The van der Waals surface area contributed by atoms with E-state index in [2.05, 4.69) is 20.6 Å². The predicted molar refractivity (Wildman–Crippen MR) is 100.0 cm³/mol. The minimum atomic E-state index is -0.637. The molecule has 0 unspecified atom stereocenters. The minimum Gasteiger partial charge on any atom is -0.354 e. The van der Waals surface area contributed by atoms with Gasteiger partial charge in [-0.25, -0.2) is 4.79 Å². The second kappa shape index (κ2) is 7.99. The molecule has 1 amide bonds. The van der Waals surface area contributed by atoms with Crippen molar-refractivity contribution in [2.24, 2.45) is 7.05 Å². The smallest absolute Gasteiger partial charge is 0.351 e. The number of carbonyl (C=O) groups excluding carboxylic acids is 1. The number of nitrogens with one attached hydrogen (secondary N) is 1. The Hall–Kier alpha value is -3.56. The fourth-order valence-electron chi connectivity index (χ4n) is 2.52. The maximum absolute atomic E-state index is 12.5. The summed E-state index contributed by atoms with van der Waals surface area (Å²) in [6.45, 7) is 3.73. The molecule has 10 heteroatoms. The number of aryl methyl sites for hydroxylation is 1. The topological polar surface area (TPSA) is 125 Å². The van der Waals surface area contributed by atoms with Crippen LogP contribution in [0.3, 0.4) is 0 Å². The molecule has 3 rings (SSSR count). The Morgan fingerprint density at radius 3 is 2.61 bits per heavy atom. The lowest BCUT2D eigenvalue weighted by molar-refractivity contribution is -0.121. The Morgan fingerprint density at radius 1 is 1.21 bits per heavy atom. The molecule has 0 saturated heterocycles. The zero-order chi connectivity index (χ0) is 20.3. The standard InChI is InChI=1S/C18H20N6O4/c1-11(2)19-13(25)9-10-14-20-16(22-28-14)15-17(26)23(3)18(27)24(21-15)12-7-5-4-6-8-12/h4-8,11H,9-10H2,1-3H3,(H,19,25). The summed E-state index contributed by atoms with van der Waals surface area (Å²) in [5.41, 5.74) is -0.845. The van der Waals surface area contributed by atoms with E-state index < -0.39 is 11.2 Å². The SMILES string of the molecule is CC(C)NC(=O)CCc1nc(-c2nn(-c3ccccc3)c(=O)n(C)c2=O)no1. The minimum absolute atomic E-state index is 0.0375. The molecular weight excluding hydrogens is 364 g/mol. The van der Waals surface area contributed by atoms with Crippen molar-refractivity contribution in [3.63, 3.8) is 0 Å². The number of rotatable bonds is 6. The number of benzene rings is 1. The number of para-hydroxylation sites is 1. The van der Waals surface area contributed by atoms with Gasteiger partial charge in [-0.15, -0.1) is 0 Å². The summed E-state index contributed by atoms with van der Waals surface area (Å²) >= 11 is 0. The van der Waals surface area contributed by atoms with Crippen molar-refractivity contribution in [2.45, 2.75) is 32.7 Å². The lowest BCUT2D eigenvalue weighted by atomic mass is 10.2. The predicted octanol–water partition coefficient (Wildman–Crippen LogP) is 0.438. The van der Waals surface area contributed by atoms with Gasteiger partial charge < -0.3 is 9.84 Å². The van der Waals surface area contributed by atoms with Gasteiger partial charge in [0.2, 0.25) is 17.6 Å². The zero-order valence-electron chi connectivity index (χ0n) is 15.7. The van der Waals surface area contributed by atoms with Crippen molar-refractivity contribution < 1.29 is 9.32 Å². The van der Waals surface area contributed by atoms with Gasteiger partial charge in [0.15, 0.2) is 5.69 Å². The molecule has 0 aliphatic carbocycles. The van der Waals surface area contributed by atoms with Crippen molar-refractivity contribution in [1.82, 2.24) is 29.8 Å². The molecule has 0 saturated carbocycles. The highest BCUT2D eigenvalue weighted by Gasteiger charge is 2.19. The third-order valence-corrected chi connectivity index (χ3v) is 3.87. The highest BCUT2D eigenvalue weighted by Crippen LogP contribution is 2.10. The van der Waals surface area contributed by atoms with E-state index in [9.17, 15) is 14.4 Å². The van der Waals surface area contributed by atoms with E-state index >= 15 is 0 Å². The van der Waals surface area contributed by atoms with E-state index in [1.54, 1.807) is 30.3 Å². The average Bonchev–Trinajstić information content (AvgIpc) is 3.14. The molecule has 0 spiro atoms. The Labute approximate surface area is 159 Å². The van der Waals surface area contributed by atoms with Crippen LogP contribution in [0.1, 0.15) is 26.2 Å². The van der Waals surface area contributed by atoms with E-state index in [4.69, 9.17) is 4.52 Å². The number of amides is 1. The Balaban J connectivity index is 1.91. The summed E-state index contributed by atoms with van der Waals surface area (Å²) in [5, 5.41) is 10.7. The average molecular weight is 384 g/mol. The summed E-state index contributed by atoms with van der Waals surface area (Å²) < 4.78 is 7.16. The second-order valence-electron chi connectivity index (χ2n) is 6.48. The van der Waals surface area contributed by atoms with Crippen molar-refractivity contribution in [3.05, 3.63) is 57.1 Å². The number of carbonyl (C=O) groups is 1. The number of hydrogen-bond acceptors (Lipinski definition) is 7. The molecule has 146 valence electrons. The lowest BCUT2D eigenvalue weighted by Gasteiger charge is -2.07. The maximum atomic E-state index is 12.5. The van der Waals surface area contributed by atoms with E-state index in [1.165, 1.54) is 7.05 Å². The molecule has 10 nitrogen and oxygen atoms in total. The van der Waals surface area contributed by atoms with Gasteiger partial charge in [-0.1, -0.05) is 23.4 Å². The first kappa shape index (κ1) is 19.2. The summed E-state index contributed by atoms with van der Waals surface area (Å²) in [6, 6.07) is 8.73. The van der Waals surface area contributed by atoms with Gasteiger partial charge in [0.25, 0.3) is 5.56 Å². The molecule has 3 aromatic rings. The Morgan fingerprint density at radius 2 is 1.93 bits per heavy atom. The molecule has 0 atom stereocenters. The Kier molecular flexibility index (Phi) is 5.48. The largest absolute Gasteiger partial charge is 0.354 e. The zero-order valence-corrected chi connectivity index (χ0v) is 15.7. The van der Waals surface area contributed by atoms with Crippen LogP contribution in [-0.4, -0.2) is 36.4 Å². The van der Waals surface area contributed by atoms with Gasteiger partial charge in [-0.2, -0.15) is 14.8 Å². The highest BCUT2D eigenvalue weighted by molar-refractivity contribution is 5.76. The molecule has 0 bridgehead atoms. The van der Waals surface area contributed by atoms with Crippen LogP contribution in [0.25, 0.3) is 17.2 Å². The van der Waals surface area contributed by atoms with Gasteiger partial charge >= 0.3 is 5.69 Å². The van der Waals surface area contributed by atoms with E-state index in [0.29, 0.717) is 5.69 Å². The molecule has 0 radical (unpaired) electrons. The molecule has 1 aromatic carbocycles. The molecule has 28 heavy (non-hydrogen) atoms. The van der Waals surface area contributed by atoms with Crippen LogP contribution in [0.2, 0.25) is 0 Å². The Bertz CT molecular complexity index is 1100. The van der Waals surface area contributed by atoms with Gasteiger partial charge in [0, 0.05) is 25.9 Å². The van der Waals surface area contributed by atoms with Gasteiger partial charge in [-0.3, -0.25) is 14.2 Å². The fourth-order valence-corrected chi connectivity index (χ4v) is 2.52. The van der Waals surface area contributed by atoms with E-state index in [1.807, 2.05) is 13.8 Å². The van der Waals surface area contributed by atoms with Crippen molar-refractivity contribution in [3.8, 4) is 17.2 Å². The molecular formula is C18H20N6O4. The van der Waals surface area contributed by atoms with Gasteiger partial charge in [-0.05, 0) is 26.0 Å². The third-order valence-electron chi connectivity index (χ3n) is 3.87. The normalized spacial score (nSPS) is 11.0. The van der Waals surface area contributed by atoms with Crippen molar-refractivity contribution >= 4 is 5.91 Å². The summed E-state index contributed by atoms with van der Waals surface area (Å²) in [5.74, 6) is 0.0289. The van der Waals surface area contributed by atoms with Crippen LogP contribution in [0.15, 0.2) is 44.4 Å². The first-order chi connectivity index (χ1) is 13.4. The first-order valence-corrected chi connectivity index (χ1v) is 8.75. The molecule has 0 aliphatic rings. The van der Waals surface area contributed by atoms with Crippen LogP contribution in [-0.2, 0) is 18.3 Å². The number of aromatic nitrogens is 5. The summed E-state index contributed by atoms with van der Waals surface area (Å²) in [6.07, 6.45) is 0.402. The lowest BCUT2D eigenvalue weighted by Crippen LogP contribution is -2.40. The third kappa shape index (κ3) is 4.05. The molecule has 0 fully saturated rings. The van der Waals surface area contributed by atoms with Gasteiger partial charge in [0.05, 0.1) is 5.69 Å². The fraction of sp³-hybridized carbons (Fsp3) is 0.333. The molecule has 1 N–H and O–H groups in total. The van der Waals surface area contributed by atoms with Crippen LogP contribution in [0, 0.1) is 0 Å². The van der Waals surface area contributed by atoms with Crippen molar-refractivity contribution in [2.75, 3.05) is 0 Å². The molecule has 2 aromatic heterocycles. The number of nitrogens with zero attached hydrogens (tertiary/aromatic N) is 5. The molecule has 2 heterocycles. The highest BCUT2D eigenvalue weighted by atomic mass is 16.5. The van der Waals surface area contributed by atoms with Crippen molar-refractivity contribution in [1.29, 1.82) is 0 Å². The second-order valence-corrected chi connectivity index (χ2v) is 6.48. The van der Waals surface area contributed by atoms with E-state index in [-0.39, 0.29) is 42.2 Å². The van der Waals surface area contributed by atoms with Crippen LogP contribution < -0.4 is 16.6 Å². The van der Waals surface area contributed by atoms with Gasteiger partial charge in [0.1, 0.15) is 0 Å². The van der Waals surface area contributed by atoms with Crippen LogP contribution in [0.4, 0.5) is 0 Å². The summed E-state index contributed by atoms with van der Waals surface area (Å²) in [7, 11) is 1.35. The number of hydrogen-bond donors (Lipinski definition) is 1. The monoisotopic (exact) mass is 384 g/mol. The molecule has 0 aliphatic heterocycles. The van der Waals surface area contributed by atoms with E-state index in [0.717, 1.165) is 9.25 Å². The first-order valence-electron chi connectivity index (χ1n) is 8.75. The summed E-state index contributed by atoms with van der Waals surface area (Å²) in [4.78, 5) is 40.8. The van der Waals surface area contributed by atoms with Crippen LogP contribution >= 0.6 is 0 Å². The maximum Gasteiger partial charge on any atom is 0.351 e.